The minimum absolute atomic E-state index is 0.371. The van der Waals surface area contributed by atoms with Crippen molar-refractivity contribution in [3.05, 3.63) is 28.3 Å². The Morgan fingerprint density at radius 1 is 1.17 bits per heavy atom. The van der Waals surface area contributed by atoms with E-state index >= 15 is 0 Å². The van der Waals surface area contributed by atoms with E-state index in [2.05, 4.69) is 24.8 Å². The van der Waals surface area contributed by atoms with E-state index in [4.69, 9.17) is 11.6 Å². The molecule has 0 spiro atoms. The van der Waals surface area contributed by atoms with Crippen LogP contribution in [0.1, 0.15) is 36.8 Å². The van der Waals surface area contributed by atoms with E-state index in [-0.39, 0.29) is 0 Å². The van der Waals surface area contributed by atoms with E-state index in [1.807, 2.05) is 6.07 Å². The van der Waals surface area contributed by atoms with E-state index in [0.29, 0.717) is 30.7 Å². The summed E-state index contributed by atoms with van der Waals surface area (Å²) in [6.07, 6.45) is 3.64. The highest BCUT2D eigenvalue weighted by Crippen LogP contribution is 2.42. The molecule has 96 valence electrons. The molecule has 1 aromatic carbocycles. The molecule has 0 aliphatic carbocycles. The lowest BCUT2D eigenvalue weighted by molar-refractivity contribution is -0.120. The van der Waals surface area contributed by atoms with Crippen LogP contribution in [0.25, 0.3) is 0 Å². The first kappa shape index (κ1) is 12.0. The van der Waals surface area contributed by atoms with Crippen molar-refractivity contribution in [3.63, 3.8) is 0 Å². The Kier molecular flexibility index (Phi) is 2.86. The zero-order valence-corrected chi connectivity index (χ0v) is 11.6. The second kappa shape index (κ2) is 4.27. The monoisotopic (exact) mass is 263 g/mol. The molecule has 0 saturated carbocycles. The first-order valence-electron chi connectivity index (χ1n) is 6.63. The van der Waals surface area contributed by atoms with Gasteiger partial charge in [-0.15, -0.1) is 0 Å². The molecule has 0 amide bonds. The van der Waals surface area contributed by atoms with Gasteiger partial charge in [0.2, 0.25) is 0 Å². The summed E-state index contributed by atoms with van der Waals surface area (Å²) < 4.78 is 0. The molecule has 2 atom stereocenters. The Morgan fingerprint density at radius 3 is 2.33 bits per heavy atom. The first-order valence-corrected chi connectivity index (χ1v) is 7.01. The molecular formula is C15H18ClNO. The molecule has 18 heavy (non-hydrogen) atoms. The van der Waals surface area contributed by atoms with Crippen LogP contribution < -0.4 is 4.90 Å². The molecule has 0 aromatic heterocycles. The number of rotatable bonds is 1. The number of Topliss-reactive ketones (excluding diaryl/α,β-unsaturated/α-hetero) is 1. The highest BCUT2D eigenvalue weighted by Gasteiger charge is 2.41. The Morgan fingerprint density at radius 2 is 1.78 bits per heavy atom. The largest absolute Gasteiger partial charge is 0.363 e. The molecule has 2 bridgehead atoms. The standard InChI is InChI=1S/C15H18ClNO/c1-9-5-10(2)15(14(16)6-9)17-11-3-4-12(17)8-13(18)7-11/h5-6,11-12H,3-4,7-8H2,1-2H3. The second-order valence-electron chi connectivity index (χ2n) is 5.65. The van der Waals surface area contributed by atoms with Gasteiger partial charge in [-0.3, -0.25) is 4.79 Å². The van der Waals surface area contributed by atoms with Gasteiger partial charge in [0.1, 0.15) is 5.78 Å². The number of fused-ring (bicyclic) bond motifs is 2. The quantitative estimate of drug-likeness (QED) is 0.771. The van der Waals surface area contributed by atoms with Gasteiger partial charge in [-0.05, 0) is 43.9 Å². The molecule has 0 N–H and O–H groups in total. The Hall–Kier alpha value is -1.02. The third kappa shape index (κ3) is 1.83. The number of hydrogen-bond donors (Lipinski definition) is 0. The molecular weight excluding hydrogens is 246 g/mol. The van der Waals surface area contributed by atoms with Gasteiger partial charge in [-0.2, -0.15) is 0 Å². The summed E-state index contributed by atoms with van der Waals surface area (Å²) in [5.74, 6) is 0.416. The van der Waals surface area contributed by atoms with Crippen molar-refractivity contribution < 1.29 is 4.79 Å². The maximum absolute atomic E-state index is 11.7. The summed E-state index contributed by atoms with van der Waals surface area (Å²) in [5, 5.41) is 0.832. The summed E-state index contributed by atoms with van der Waals surface area (Å²) >= 11 is 6.44. The van der Waals surface area contributed by atoms with Crippen molar-refractivity contribution in [2.45, 2.75) is 51.6 Å². The van der Waals surface area contributed by atoms with Crippen LogP contribution in [0.2, 0.25) is 5.02 Å². The van der Waals surface area contributed by atoms with Gasteiger partial charge >= 0.3 is 0 Å². The van der Waals surface area contributed by atoms with Crippen molar-refractivity contribution in [1.29, 1.82) is 0 Å². The lowest BCUT2D eigenvalue weighted by Gasteiger charge is -2.37. The Labute approximate surface area is 113 Å². The number of aryl methyl sites for hydroxylation is 2. The molecule has 2 heterocycles. The van der Waals surface area contributed by atoms with Gasteiger partial charge in [-0.25, -0.2) is 0 Å². The Bertz CT molecular complexity index is 472. The highest BCUT2D eigenvalue weighted by atomic mass is 35.5. The number of hydrogen-bond acceptors (Lipinski definition) is 2. The van der Waals surface area contributed by atoms with Crippen LogP contribution in [-0.2, 0) is 4.79 Å². The number of ketones is 1. The first-order chi connectivity index (χ1) is 8.56. The molecule has 2 nitrogen and oxygen atoms in total. The van der Waals surface area contributed by atoms with Crippen molar-refractivity contribution in [1.82, 2.24) is 0 Å². The average Bonchev–Trinajstić information content (AvgIpc) is 2.53. The maximum atomic E-state index is 11.7. The summed E-state index contributed by atoms with van der Waals surface area (Å²) in [6, 6.07) is 4.95. The van der Waals surface area contributed by atoms with Crippen LogP contribution in [0.5, 0.6) is 0 Å². The summed E-state index contributed by atoms with van der Waals surface area (Å²) in [5.41, 5.74) is 3.58. The topological polar surface area (TPSA) is 20.3 Å². The van der Waals surface area contributed by atoms with Crippen molar-refractivity contribution >= 4 is 23.1 Å². The van der Waals surface area contributed by atoms with Gasteiger partial charge in [-0.1, -0.05) is 17.7 Å². The lowest BCUT2D eigenvalue weighted by atomic mass is 9.98. The molecule has 1 aromatic rings. The zero-order valence-electron chi connectivity index (χ0n) is 10.9. The fourth-order valence-corrected chi connectivity index (χ4v) is 3.99. The van der Waals surface area contributed by atoms with Gasteiger partial charge in [0, 0.05) is 24.9 Å². The average molecular weight is 264 g/mol. The fourth-order valence-electron chi connectivity index (χ4n) is 3.57. The fraction of sp³-hybridized carbons (Fsp3) is 0.533. The summed E-state index contributed by atoms with van der Waals surface area (Å²) in [7, 11) is 0. The Balaban J connectivity index is 2.04. The van der Waals surface area contributed by atoms with Crippen LogP contribution in [0.3, 0.4) is 0 Å². The van der Waals surface area contributed by atoms with Crippen molar-refractivity contribution in [2.75, 3.05) is 4.90 Å². The number of benzene rings is 1. The third-order valence-corrected chi connectivity index (χ3v) is 4.49. The maximum Gasteiger partial charge on any atom is 0.137 e. The predicted octanol–water partition coefficient (Wildman–Crippen LogP) is 3.66. The van der Waals surface area contributed by atoms with Crippen LogP contribution in [0.15, 0.2) is 12.1 Å². The number of piperidine rings is 1. The molecule has 2 unspecified atom stereocenters. The van der Waals surface area contributed by atoms with Crippen LogP contribution >= 0.6 is 11.6 Å². The van der Waals surface area contributed by atoms with E-state index in [1.165, 1.54) is 11.1 Å². The predicted molar refractivity (Wildman–Crippen MR) is 74.5 cm³/mol. The molecule has 0 radical (unpaired) electrons. The van der Waals surface area contributed by atoms with Crippen LogP contribution in [0, 0.1) is 13.8 Å². The highest BCUT2D eigenvalue weighted by molar-refractivity contribution is 6.33. The second-order valence-corrected chi connectivity index (χ2v) is 6.06. The number of carbonyl (C=O) groups is 1. The number of carbonyl (C=O) groups excluding carboxylic acids is 1. The molecule has 3 heteroatoms. The van der Waals surface area contributed by atoms with Crippen LogP contribution in [0.4, 0.5) is 5.69 Å². The van der Waals surface area contributed by atoms with Crippen molar-refractivity contribution in [3.8, 4) is 0 Å². The van der Waals surface area contributed by atoms with E-state index in [9.17, 15) is 4.79 Å². The van der Waals surface area contributed by atoms with E-state index in [1.54, 1.807) is 0 Å². The minimum Gasteiger partial charge on any atom is -0.363 e. The molecule has 3 rings (SSSR count). The SMILES string of the molecule is Cc1cc(C)c(N2C3CCC2CC(=O)C3)c(Cl)c1. The number of nitrogens with zero attached hydrogens (tertiary/aromatic N) is 1. The zero-order chi connectivity index (χ0) is 12.9. The van der Waals surface area contributed by atoms with Crippen molar-refractivity contribution in [2.24, 2.45) is 0 Å². The molecule has 2 aliphatic heterocycles. The lowest BCUT2D eigenvalue weighted by Crippen LogP contribution is -2.43. The van der Waals surface area contributed by atoms with Gasteiger partial charge in [0.25, 0.3) is 0 Å². The number of anilines is 1. The molecule has 2 aliphatic rings. The van der Waals surface area contributed by atoms with E-state index < -0.39 is 0 Å². The molecule has 2 fully saturated rings. The number of halogens is 1. The van der Waals surface area contributed by atoms with Gasteiger partial charge in [0.15, 0.2) is 0 Å². The smallest absolute Gasteiger partial charge is 0.137 e. The van der Waals surface area contributed by atoms with E-state index in [0.717, 1.165) is 23.6 Å². The normalized spacial score (nSPS) is 26.8. The summed E-state index contributed by atoms with van der Waals surface area (Å²) in [6.45, 7) is 4.18. The molecule has 2 saturated heterocycles. The van der Waals surface area contributed by atoms with Gasteiger partial charge < -0.3 is 4.90 Å². The summed E-state index contributed by atoms with van der Waals surface area (Å²) in [4.78, 5) is 14.1. The van der Waals surface area contributed by atoms with Crippen LogP contribution in [-0.4, -0.2) is 17.9 Å². The van der Waals surface area contributed by atoms with Gasteiger partial charge in [0.05, 0.1) is 10.7 Å². The minimum atomic E-state index is 0.371. The third-order valence-electron chi connectivity index (χ3n) is 4.20.